The van der Waals surface area contributed by atoms with Gasteiger partial charge in [0.2, 0.25) is 0 Å². The number of rotatable bonds is 9. The van der Waals surface area contributed by atoms with Gasteiger partial charge in [-0.25, -0.2) is 0 Å². The smallest absolute Gasteiger partial charge is 0.361 e. The maximum atomic E-state index is 5.83. The Labute approximate surface area is 95.9 Å². The summed E-state index contributed by atoms with van der Waals surface area (Å²) < 4.78 is 11.6. The van der Waals surface area contributed by atoms with Gasteiger partial charge in [0.05, 0.1) is 0 Å². The zero-order valence-corrected chi connectivity index (χ0v) is 11.7. The highest BCUT2D eigenvalue weighted by Crippen LogP contribution is 2.11. The Morgan fingerprint density at radius 1 is 1.27 bits per heavy atom. The van der Waals surface area contributed by atoms with Crippen molar-refractivity contribution in [2.24, 2.45) is 5.92 Å². The quantitative estimate of drug-likeness (QED) is 0.444. The summed E-state index contributed by atoms with van der Waals surface area (Å²) in [6.45, 7) is 13.9. The second-order valence-electron chi connectivity index (χ2n) is 4.48. The van der Waals surface area contributed by atoms with E-state index < -0.39 is 8.56 Å². The molecule has 0 aliphatic heterocycles. The van der Waals surface area contributed by atoms with E-state index in [1.807, 2.05) is 5.70 Å². The van der Waals surface area contributed by atoms with Crippen LogP contribution in [-0.4, -0.2) is 21.8 Å². The average Bonchev–Trinajstić information content (AvgIpc) is 2.22. The van der Waals surface area contributed by atoms with Crippen LogP contribution in [0.5, 0.6) is 0 Å². The SMILES string of the molecule is C=C[Si](C)(OCCCCC)OCC(C)C. The van der Waals surface area contributed by atoms with Gasteiger partial charge in [0, 0.05) is 13.2 Å². The van der Waals surface area contributed by atoms with Gasteiger partial charge in [0.15, 0.2) is 0 Å². The third kappa shape index (κ3) is 7.77. The minimum atomic E-state index is -2.07. The summed E-state index contributed by atoms with van der Waals surface area (Å²) in [6, 6.07) is 0. The van der Waals surface area contributed by atoms with E-state index in [9.17, 15) is 0 Å². The maximum absolute atomic E-state index is 5.83. The molecule has 0 aromatic rings. The van der Waals surface area contributed by atoms with Gasteiger partial charge in [-0.2, -0.15) is 0 Å². The van der Waals surface area contributed by atoms with E-state index in [1.54, 1.807) is 0 Å². The highest BCUT2D eigenvalue weighted by Gasteiger charge is 2.27. The molecule has 0 aromatic heterocycles. The Morgan fingerprint density at radius 2 is 1.93 bits per heavy atom. The first-order valence-corrected chi connectivity index (χ1v) is 8.35. The second-order valence-corrected chi connectivity index (χ2v) is 7.50. The molecular weight excluding hydrogens is 204 g/mol. The first kappa shape index (κ1) is 14.9. The van der Waals surface area contributed by atoms with Crippen LogP contribution in [0.25, 0.3) is 0 Å². The van der Waals surface area contributed by atoms with Gasteiger partial charge in [-0.3, -0.25) is 0 Å². The van der Waals surface area contributed by atoms with Crippen molar-refractivity contribution in [3.05, 3.63) is 12.3 Å². The van der Waals surface area contributed by atoms with Crippen LogP contribution in [0.3, 0.4) is 0 Å². The van der Waals surface area contributed by atoms with Crippen molar-refractivity contribution in [1.82, 2.24) is 0 Å². The van der Waals surface area contributed by atoms with Crippen molar-refractivity contribution in [2.45, 2.75) is 46.6 Å². The second kappa shape index (κ2) is 8.08. The van der Waals surface area contributed by atoms with Crippen LogP contribution in [0.1, 0.15) is 40.0 Å². The largest absolute Gasteiger partial charge is 0.391 e. The van der Waals surface area contributed by atoms with Crippen LogP contribution in [0.15, 0.2) is 12.3 Å². The van der Waals surface area contributed by atoms with E-state index >= 15 is 0 Å². The monoisotopic (exact) mass is 230 g/mol. The summed E-state index contributed by atoms with van der Waals surface area (Å²) in [4.78, 5) is 0. The summed E-state index contributed by atoms with van der Waals surface area (Å²) in [5.41, 5.74) is 1.88. The Hall–Kier alpha value is -0.123. The number of unbranched alkanes of at least 4 members (excludes halogenated alkanes) is 2. The molecule has 0 amide bonds. The predicted molar refractivity (Wildman–Crippen MR) is 68.1 cm³/mol. The van der Waals surface area contributed by atoms with E-state index in [-0.39, 0.29) is 0 Å². The normalized spacial score (nSPS) is 15.3. The fraction of sp³-hybridized carbons (Fsp3) is 0.833. The topological polar surface area (TPSA) is 18.5 Å². The molecule has 0 saturated heterocycles. The molecule has 1 unspecified atom stereocenters. The summed E-state index contributed by atoms with van der Waals surface area (Å²) >= 11 is 0. The molecule has 0 bridgehead atoms. The first-order valence-electron chi connectivity index (χ1n) is 5.95. The van der Waals surface area contributed by atoms with Crippen molar-refractivity contribution >= 4 is 8.56 Å². The summed E-state index contributed by atoms with van der Waals surface area (Å²) in [5, 5.41) is 0. The lowest BCUT2D eigenvalue weighted by atomic mass is 10.2. The maximum Gasteiger partial charge on any atom is 0.361 e. The van der Waals surface area contributed by atoms with Gasteiger partial charge in [0.1, 0.15) is 0 Å². The summed E-state index contributed by atoms with van der Waals surface area (Å²) in [7, 11) is -2.07. The van der Waals surface area contributed by atoms with Crippen LogP contribution in [0.2, 0.25) is 6.55 Å². The Bertz CT molecular complexity index is 171. The molecule has 0 aliphatic carbocycles. The molecule has 1 atom stereocenters. The fourth-order valence-corrected chi connectivity index (χ4v) is 2.65. The molecular formula is C12H26O2Si. The lowest BCUT2D eigenvalue weighted by Crippen LogP contribution is -2.38. The molecule has 15 heavy (non-hydrogen) atoms. The van der Waals surface area contributed by atoms with Crippen LogP contribution < -0.4 is 0 Å². The van der Waals surface area contributed by atoms with Crippen molar-refractivity contribution in [2.75, 3.05) is 13.2 Å². The van der Waals surface area contributed by atoms with Crippen molar-refractivity contribution in [3.63, 3.8) is 0 Å². The molecule has 2 nitrogen and oxygen atoms in total. The lowest BCUT2D eigenvalue weighted by Gasteiger charge is -2.24. The molecule has 0 spiro atoms. The van der Waals surface area contributed by atoms with Gasteiger partial charge < -0.3 is 8.85 Å². The third-order valence-electron chi connectivity index (χ3n) is 2.21. The highest BCUT2D eigenvalue weighted by molar-refractivity contribution is 6.71. The van der Waals surface area contributed by atoms with Gasteiger partial charge >= 0.3 is 8.56 Å². The van der Waals surface area contributed by atoms with Crippen LogP contribution in [0, 0.1) is 5.92 Å². The zero-order valence-electron chi connectivity index (χ0n) is 10.7. The van der Waals surface area contributed by atoms with Crippen LogP contribution in [-0.2, 0) is 8.85 Å². The minimum Gasteiger partial charge on any atom is -0.391 e. The van der Waals surface area contributed by atoms with Crippen LogP contribution >= 0.6 is 0 Å². The van der Waals surface area contributed by atoms with E-state index in [0.717, 1.165) is 19.6 Å². The van der Waals surface area contributed by atoms with E-state index in [2.05, 4.69) is 33.9 Å². The van der Waals surface area contributed by atoms with Crippen molar-refractivity contribution < 1.29 is 8.85 Å². The van der Waals surface area contributed by atoms with Crippen LogP contribution in [0.4, 0.5) is 0 Å². The van der Waals surface area contributed by atoms with Gasteiger partial charge in [0.25, 0.3) is 0 Å². The molecule has 0 N–H and O–H groups in total. The highest BCUT2D eigenvalue weighted by atomic mass is 28.4. The van der Waals surface area contributed by atoms with E-state index in [0.29, 0.717) is 5.92 Å². The fourth-order valence-electron chi connectivity index (χ4n) is 1.12. The van der Waals surface area contributed by atoms with Gasteiger partial charge in [-0.15, -0.1) is 6.58 Å². The summed E-state index contributed by atoms with van der Waals surface area (Å²) in [5.74, 6) is 0.552. The first-order chi connectivity index (χ1) is 7.04. The molecule has 3 heteroatoms. The molecule has 0 rings (SSSR count). The molecule has 0 fully saturated rings. The average molecular weight is 230 g/mol. The summed E-state index contributed by atoms with van der Waals surface area (Å²) in [6.07, 6.45) is 3.58. The minimum absolute atomic E-state index is 0.552. The Balaban J connectivity index is 3.80. The van der Waals surface area contributed by atoms with E-state index in [1.165, 1.54) is 12.8 Å². The van der Waals surface area contributed by atoms with Crippen molar-refractivity contribution in [1.29, 1.82) is 0 Å². The lowest BCUT2D eigenvalue weighted by molar-refractivity contribution is 0.164. The molecule has 0 aromatic carbocycles. The third-order valence-corrected chi connectivity index (χ3v) is 4.47. The number of hydrogen-bond donors (Lipinski definition) is 0. The zero-order chi connectivity index (χ0) is 11.7. The number of hydrogen-bond acceptors (Lipinski definition) is 2. The molecule has 0 aliphatic rings. The molecule has 0 heterocycles. The molecule has 0 saturated carbocycles. The van der Waals surface area contributed by atoms with Gasteiger partial charge in [-0.05, 0) is 24.6 Å². The van der Waals surface area contributed by atoms with Crippen molar-refractivity contribution in [3.8, 4) is 0 Å². The molecule has 90 valence electrons. The predicted octanol–water partition coefficient (Wildman–Crippen LogP) is 3.66. The standard InChI is InChI=1S/C12H26O2Si/c1-6-8-9-10-13-15(5,7-2)14-11-12(3)4/h7,12H,2,6,8-11H2,1,3-5H3. The Kier molecular flexibility index (Phi) is 8.01. The van der Waals surface area contributed by atoms with E-state index in [4.69, 9.17) is 8.85 Å². The Morgan fingerprint density at radius 3 is 2.40 bits per heavy atom. The van der Waals surface area contributed by atoms with Gasteiger partial charge in [-0.1, -0.05) is 33.6 Å². The molecule has 0 radical (unpaired) electrons.